The first-order valence-corrected chi connectivity index (χ1v) is 6.64. The fourth-order valence-corrected chi connectivity index (χ4v) is 2.37. The van der Waals surface area contributed by atoms with Gasteiger partial charge in [0, 0.05) is 37.4 Å². The van der Waals surface area contributed by atoms with E-state index in [-0.39, 0.29) is 11.8 Å². The number of piperidine rings is 1. The molecular weight excluding hydrogens is 228 g/mol. The summed E-state index contributed by atoms with van der Waals surface area (Å²) in [6.45, 7) is 1.78. The lowest BCUT2D eigenvalue weighted by atomic mass is 9.96. The second-order valence-electron chi connectivity index (χ2n) is 5.11. The molecule has 0 bridgehead atoms. The third-order valence-corrected chi connectivity index (χ3v) is 3.66. The van der Waals surface area contributed by atoms with Crippen LogP contribution in [0.3, 0.4) is 0 Å². The minimum absolute atomic E-state index is 0.179. The maximum absolute atomic E-state index is 11.9. The summed E-state index contributed by atoms with van der Waals surface area (Å²) in [6, 6.07) is 0.468. The van der Waals surface area contributed by atoms with E-state index in [4.69, 9.17) is 0 Å². The van der Waals surface area contributed by atoms with Gasteiger partial charge in [-0.1, -0.05) is 0 Å². The lowest BCUT2D eigenvalue weighted by molar-refractivity contribution is -0.125. The molecule has 0 radical (unpaired) electrons. The summed E-state index contributed by atoms with van der Waals surface area (Å²) in [5.74, 6) is 1.34. The summed E-state index contributed by atoms with van der Waals surface area (Å²) in [7, 11) is 0. The molecule has 0 unspecified atom stereocenters. The van der Waals surface area contributed by atoms with Crippen LogP contribution in [0.4, 0.5) is 5.82 Å². The van der Waals surface area contributed by atoms with Gasteiger partial charge in [-0.3, -0.25) is 9.78 Å². The smallest absolute Gasteiger partial charge is 0.223 e. The Morgan fingerprint density at radius 2 is 2.00 bits per heavy atom. The van der Waals surface area contributed by atoms with E-state index in [1.807, 2.05) is 0 Å². The minimum Gasteiger partial charge on any atom is -0.355 e. The summed E-state index contributed by atoms with van der Waals surface area (Å²) in [4.78, 5) is 22.5. The van der Waals surface area contributed by atoms with Crippen LogP contribution in [-0.4, -0.2) is 35.0 Å². The quantitative estimate of drug-likeness (QED) is 0.863. The normalized spacial score (nSPS) is 20.8. The maximum atomic E-state index is 11.9. The summed E-state index contributed by atoms with van der Waals surface area (Å²) < 4.78 is 0. The maximum Gasteiger partial charge on any atom is 0.223 e. The number of carbonyl (C=O) groups is 1. The van der Waals surface area contributed by atoms with E-state index in [9.17, 15) is 4.79 Å². The van der Waals surface area contributed by atoms with Gasteiger partial charge < -0.3 is 10.2 Å². The molecule has 1 saturated heterocycles. The minimum atomic E-state index is 0.179. The van der Waals surface area contributed by atoms with Gasteiger partial charge in [0.2, 0.25) is 5.91 Å². The monoisotopic (exact) mass is 246 g/mol. The Hall–Kier alpha value is -1.65. The molecular formula is C13H18N4O. The lowest BCUT2D eigenvalue weighted by Gasteiger charge is -2.31. The van der Waals surface area contributed by atoms with Crippen molar-refractivity contribution in [3.05, 3.63) is 18.6 Å². The first kappa shape index (κ1) is 11.4. The Morgan fingerprint density at radius 3 is 2.61 bits per heavy atom. The molecule has 0 atom stereocenters. The van der Waals surface area contributed by atoms with Crippen molar-refractivity contribution >= 4 is 11.7 Å². The largest absolute Gasteiger partial charge is 0.355 e. The zero-order chi connectivity index (χ0) is 12.4. The highest BCUT2D eigenvalue weighted by molar-refractivity contribution is 5.79. The van der Waals surface area contributed by atoms with Gasteiger partial charge in [-0.15, -0.1) is 0 Å². The number of hydrogen-bond acceptors (Lipinski definition) is 4. The van der Waals surface area contributed by atoms with Crippen molar-refractivity contribution in [2.75, 3.05) is 18.0 Å². The molecule has 1 saturated carbocycles. The molecule has 96 valence electrons. The Balaban J connectivity index is 1.53. The molecule has 1 aliphatic carbocycles. The van der Waals surface area contributed by atoms with Crippen molar-refractivity contribution < 1.29 is 4.79 Å². The van der Waals surface area contributed by atoms with Crippen LogP contribution >= 0.6 is 0 Å². The molecule has 18 heavy (non-hydrogen) atoms. The van der Waals surface area contributed by atoms with E-state index in [1.165, 1.54) is 0 Å². The predicted molar refractivity (Wildman–Crippen MR) is 68.1 cm³/mol. The van der Waals surface area contributed by atoms with E-state index >= 15 is 0 Å². The van der Waals surface area contributed by atoms with Gasteiger partial charge in [-0.25, -0.2) is 4.98 Å². The topological polar surface area (TPSA) is 58.1 Å². The summed E-state index contributed by atoms with van der Waals surface area (Å²) in [6.07, 6.45) is 9.31. The van der Waals surface area contributed by atoms with Crippen LogP contribution in [0.2, 0.25) is 0 Å². The molecule has 1 aromatic heterocycles. The van der Waals surface area contributed by atoms with Gasteiger partial charge in [0.15, 0.2) is 0 Å². The van der Waals surface area contributed by atoms with Crippen molar-refractivity contribution in [3.8, 4) is 0 Å². The second kappa shape index (κ2) is 4.92. The molecule has 0 aromatic carbocycles. The molecule has 1 aromatic rings. The lowest BCUT2D eigenvalue weighted by Crippen LogP contribution is -2.41. The Morgan fingerprint density at radius 1 is 1.22 bits per heavy atom. The Bertz CT molecular complexity index is 410. The molecule has 2 aliphatic rings. The predicted octanol–water partition coefficient (Wildman–Crippen LogP) is 0.972. The second-order valence-corrected chi connectivity index (χ2v) is 5.11. The van der Waals surface area contributed by atoms with Crippen LogP contribution in [0, 0.1) is 5.92 Å². The number of hydrogen-bond donors (Lipinski definition) is 1. The zero-order valence-corrected chi connectivity index (χ0v) is 10.4. The van der Waals surface area contributed by atoms with E-state index in [1.54, 1.807) is 18.6 Å². The number of aromatic nitrogens is 2. The first-order valence-electron chi connectivity index (χ1n) is 6.64. The standard InChI is InChI=1S/C13H18N4O/c18-13(16-11-1-2-11)10-3-7-17(8-4-10)12-9-14-5-6-15-12/h5-6,9-11H,1-4,7-8H2,(H,16,18). The molecule has 1 aliphatic heterocycles. The van der Waals surface area contributed by atoms with Crippen molar-refractivity contribution in [2.45, 2.75) is 31.7 Å². The molecule has 3 rings (SSSR count). The Labute approximate surface area is 107 Å². The van der Waals surface area contributed by atoms with Crippen LogP contribution in [0.15, 0.2) is 18.6 Å². The number of nitrogens with one attached hydrogen (secondary N) is 1. The number of amides is 1. The van der Waals surface area contributed by atoms with Crippen molar-refractivity contribution in [1.82, 2.24) is 15.3 Å². The van der Waals surface area contributed by atoms with Crippen molar-refractivity contribution in [1.29, 1.82) is 0 Å². The first-order chi connectivity index (χ1) is 8.83. The number of rotatable bonds is 3. The van der Waals surface area contributed by atoms with Crippen LogP contribution < -0.4 is 10.2 Å². The van der Waals surface area contributed by atoms with Gasteiger partial charge in [-0.2, -0.15) is 0 Å². The molecule has 1 N–H and O–H groups in total. The van der Waals surface area contributed by atoms with E-state index in [2.05, 4.69) is 20.2 Å². The van der Waals surface area contributed by atoms with Gasteiger partial charge in [0.1, 0.15) is 5.82 Å². The molecule has 1 amide bonds. The van der Waals surface area contributed by atoms with Crippen molar-refractivity contribution in [3.63, 3.8) is 0 Å². The van der Waals surface area contributed by atoms with E-state index < -0.39 is 0 Å². The van der Waals surface area contributed by atoms with Gasteiger partial charge in [0.25, 0.3) is 0 Å². The van der Waals surface area contributed by atoms with Crippen LogP contribution in [0.5, 0.6) is 0 Å². The van der Waals surface area contributed by atoms with E-state index in [0.29, 0.717) is 6.04 Å². The highest BCUT2D eigenvalue weighted by Crippen LogP contribution is 2.24. The van der Waals surface area contributed by atoms with E-state index in [0.717, 1.165) is 44.6 Å². The van der Waals surface area contributed by atoms with Crippen LogP contribution in [0.25, 0.3) is 0 Å². The SMILES string of the molecule is O=C(NC1CC1)C1CCN(c2cnccn2)CC1. The molecule has 5 nitrogen and oxygen atoms in total. The van der Waals surface area contributed by atoms with Crippen LogP contribution in [-0.2, 0) is 4.79 Å². The number of carbonyl (C=O) groups excluding carboxylic acids is 1. The average molecular weight is 246 g/mol. The fourth-order valence-electron chi connectivity index (χ4n) is 2.37. The average Bonchev–Trinajstić information content (AvgIpc) is 3.24. The van der Waals surface area contributed by atoms with Crippen LogP contribution in [0.1, 0.15) is 25.7 Å². The summed E-state index contributed by atoms with van der Waals surface area (Å²) >= 11 is 0. The number of nitrogens with zero attached hydrogens (tertiary/aromatic N) is 3. The summed E-state index contributed by atoms with van der Waals surface area (Å²) in [5.41, 5.74) is 0. The third-order valence-electron chi connectivity index (χ3n) is 3.66. The van der Waals surface area contributed by atoms with Gasteiger partial charge >= 0.3 is 0 Å². The van der Waals surface area contributed by atoms with Gasteiger partial charge in [0.05, 0.1) is 6.20 Å². The molecule has 2 heterocycles. The molecule has 5 heteroatoms. The fraction of sp³-hybridized carbons (Fsp3) is 0.615. The van der Waals surface area contributed by atoms with Gasteiger partial charge in [-0.05, 0) is 25.7 Å². The molecule has 0 spiro atoms. The highest BCUT2D eigenvalue weighted by Gasteiger charge is 2.30. The third kappa shape index (κ3) is 2.60. The zero-order valence-electron chi connectivity index (χ0n) is 10.4. The Kier molecular flexibility index (Phi) is 3.13. The highest BCUT2D eigenvalue weighted by atomic mass is 16.2. The summed E-state index contributed by atoms with van der Waals surface area (Å²) in [5, 5.41) is 3.09. The molecule has 2 fully saturated rings. The number of anilines is 1. The van der Waals surface area contributed by atoms with Crippen molar-refractivity contribution in [2.24, 2.45) is 5.92 Å².